The highest BCUT2D eigenvalue weighted by Gasteiger charge is 2.41. The number of carbonyl (C=O) groups excluding carboxylic acids is 3. The van der Waals surface area contributed by atoms with Crippen molar-refractivity contribution in [3.8, 4) is 0 Å². The Labute approximate surface area is 112 Å². The lowest BCUT2D eigenvalue weighted by atomic mass is 10.0. The predicted octanol–water partition coefficient (Wildman–Crippen LogP) is -0.720. The Morgan fingerprint density at radius 1 is 1.39 bits per heavy atom. The first-order valence-corrected chi connectivity index (χ1v) is 5.87. The fraction of sp³-hybridized carbons (Fsp3) is 0.727. The summed E-state index contributed by atoms with van der Waals surface area (Å²) in [5.41, 5.74) is 0. The molecule has 1 atom stereocenters. The molecule has 2 heterocycles. The Kier molecular flexibility index (Phi) is 4.70. The summed E-state index contributed by atoms with van der Waals surface area (Å²) in [6.45, 7) is 4.87. The second-order valence-corrected chi connectivity index (χ2v) is 4.82. The largest absolute Gasteiger partial charge is 0.343 e. The van der Waals surface area contributed by atoms with Crippen LogP contribution in [0.5, 0.6) is 0 Å². The Balaban J connectivity index is 0.00000162. The summed E-state index contributed by atoms with van der Waals surface area (Å²) in [6.07, 6.45) is 0.0862. The van der Waals surface area contributed by atoms with Crippen molar-refractivity contribution in [1.29, 1.82) is 0 Å². The van der Waals surface area contributed by atoms with Crippen LogP contribution in [-0.2, 0) is 14.4 Å². The van der Waals surface area contributed by atoms with Gasteiger partial charge in [-0.1, -0.05) is 0 Å². The van der Waals surface area contributed by atoms with Crippen LogP contribution in [0.25, 0.3) is 0 Å². The maximum atomic E-state index is 11.9. The molecule has 2 saturated heterocycles. The third kappa shape index (κ3) is 2.64. The zero-order valence-corrected chi connectivity index (χ0v) is 11.3. The monoisotopic (exact) mass is 275 g/mol. The van der Waals surface area contributed by atoms with Crippen LogP contribution < -0.4 is 10.6 Å². The highest BCUT2D eigenvalue weighted by Crippen LogP contribution is 2.17. The molecule has 18 heavy (non-hydrogen) atoms. The summed E-state index contributed by atoms with van der Waals surface area (Å²) in [5.74, 6) is -0.695. The smallest absolute Gasteiger partial charge is 0.252 e. The zero-order valence-electron chi connectivity index (χ0n) is 10.4. The molecule has 102 valence electrons. The van der Waals surface area contributed by atoms with Crippen molar-refractivity contribution >= 4 is 30.1 Å². The first-order valence-electron chi connectivity index (χ1n) is 5.87. The standard InChI is InChI=1S/C11H17N3O3.ClH/c1-6(2)14-9(15)3-8(11(14)17)13-10(16)7-4-12-5-7;/h6-8,12H,3-5H2,1-2H3,(H,13,16);1H. The van der Waals surface area contributed by atoms with Crippen molar-refractivity contribution in [3.05, 3.63) is 0 Å². The average Bonchev–Trinajstić information content (AvgIpc) is 2.38. The van der Waals surface area contributed by atoms with Crippen LogP contribution in [0.3, 0.4) is 0 Å². The van der Waals surface area contributed by atoms with Gasteiger partial charge < -0.3 is 10.6 Å². The van der Waals surface area contributed by atoms with Crippen molar-refractivity contribution in [1.82, 2.24) is 15.5 Å². The molecule has 0 aromatic heterocycles. The van der Waals surface area contributed by atoms with E-state index in [2.05, 4.69) is 10.6 Å². The van der Waals surface area contributed by atoms with Gasteiger partial charge in [-0.2, -0.15) is 0 Å². The van der Waals surface area contributed by atoms with Gasteiger partial charge in [0.05, 0.1) is 12.3 Å². The van der Waals surface area contributed by atoms with Gasteiger partial charge in [-0.15, -0.1) is 12.4 Å². The molecular formula is C11H18ClN3O3. The molecule has 0 aliphatic carbocycles. The lowest BCUT2D eigenvalue weighted by Gasteiger charge is -2.27. The quantitative estimate of drug-likeness (QED) is 0.667. The fourth-order valence-electron chi connectivity index (χ4n) is 2.07. The molecule has 2 rings (SSSR count). The van der Waals surface area contributed by atoms with Crippen LogP contribution in [0, 0.1) is 5.92 Å². The highest BCUT2D eigenvalue weighted by molar-refractivity contribution is 6.07. The van der Waals surface area contributed by atoms with E-state index in [9.17, 15) is 14.4 Å². The minimum absolute atomic E-state index is 0. The van der Waals surface area contributed by atoms with Gasteiger partial charge in [-0.3, -0.25) is 19.3 Å². The minimum Gasteiger partial charge on any atom is -0.343 e. The lowest BCUT2D eigenvalue weighted by Crippen LogP contribution is -2.54. The van der Waals surface area contributed by atoms with Crippen molar-refractivity contribution in [3.63, 3.8) is 0 Å². The molecule has 2 aliphatic rings. The van der Waals surface area contributed by atoms with E-state index in [1.807, 2.05) is 0 Å². The molecule has 6 nitrogen and oxygen atoms in total. The van der Waals surface area contributed by atoms with Gasteiger partial charge in [0, 0.05) is 19.1 Å². The summed E-state index contributed by atoms with van der Waals surface area (Å²) >= 11 is 0. The van der Waals surface area contributed by atoms with Crippen molar-refractivity contribution in [2.24, 2.45) is 5.92 Å². The van der Waals surface area contributed by atoms with E-state index in [-0.39, 0.29) is 48.5 Å². The van der Waals surface area contributed by atoms with E-state index >= 15 is 0 Å². The maximum absolute atomic E-state index is 11.9. The number of carbonyl (C=O) groups is 3. The van der Waals surface area contributed by atoms with Crippen LogP contribution in [0.4, 0.5) is 0 Å². The van der Waals surface area contributed by atoms with E-state index in [4.69, 9.17) is 0 Å². The van der Waals surface area contributed by atoms with Crippen LogP contribution in [0.2, 0.25) is 0 Å². The third-order valence-electron chi connectivity index (χ3n) is 3.17. The highest BCUT2D eigenvalue weighted by atomic mass is 35.5. The summed E-state index contributed by atoms with van der Waals surface area (Å²) in [5, 5.41) is 5.65. The van der Waals surface area contributed by atoms with Gasteiger partial charge in [0.15, 0.2) is 0 Å². The molecule has 0 bridgehead atoms. The number of hydrogen-bond donors (Lipinski definition) is 2. The maximum Gasteiger partial charge on any atom is 0.252 e. The van der Waals surface area contributed by atoms with Crippen LogP contribution in [0.15, 0.2) is 0 Å². The molecule has 2 fully saturated rings. The Morgan fingerprint density at radius 2 is 2.00 bits per heavy atom. The Hall–Kier alpha value is -1.14. The molecule has 7 heteroatoms. The molecule has 0 aromatic rings. The number of nitrogens with zero attached hydrogens (tertiary/aromatic N) is 1. The predicted molar refractivity (Wildman–Crippen MR) is 67.1 cm³/mol. The van der Waals surface area contributed by atoms with E-state index in [0.717, 1.165) is 0 Å². The third-order valence-corrected chi connectivity index (χ3v) is 3.17. The second kappa shape index (κ2) is 5.67. The van der Waals surface area contributed by atoms with Crippen LogP contribution >= 0.6 is 12.4 Å². The van der Waals surface area contributed by atoms with E-state index in [1.165, 1.54) is 4.90 Å². The summed E-state index contributed by atoms with van der Waals surface area (Å²) in [7, 11) is 0. The van der Waals surface area contributed by atoms with Gasteiger partial charge in [-0.25, -0.2) is 0 Å². The van der Waals surface area contributed by atoms with Crippen LogP contribution in [-0.4, -0.2) is 47.8 Å². The molecular weight excluding hydrogens is 258 g/mol. The van der Waals surface area contributed by atoms with Gasteiger partial charge in [0.2, 0.25) is 11.8 Å². The summed E-state index contributed by atoms with van der Waals surface area (Å²) in [6, 6.07) is -0.819. The fourth-order valence-corrected chi connectivity index (χ4v) is 2.07. The Bertz CT molecular complexity index is 369. The summed E-state index contributed by atoms with van der Waals surface area (Å²) in [4.78, 5) is 36.4. The van der Waals surface area contributed by atoms with E-state index < -0.39 is 6.04 Å². The SMILES string of the molecule is CC(C)N1C(=O)CC(NC(=O)C2CNC2)C1=O.Cl. The van der Waals surface area contributed by atoms with Gasteiger partial charge in [-0.05, 0) is 13.8 Å². The lowest BCUT2D eigenvalue weighted by molar-refractivity contribution is -0.142. The molecule has 2 N–H and O–H groups in total. The van der Waals surface area contributed by atoms with Crippen LogP contribution in [0.1, 0.15) is 20.3 Å². The second-order valence-electron chi connectivity index (χ2n) is 4.82. The van der Waals surface area contributed by atoms with Gasteiger partial charge in [0.1, 0.15) is 6.04 Å². The normalized spacial score (nSPS) is 23.9. The molecule has 0 saturated carbocycles. The number of nitrogens with one attached hydrogen (secondary N) is 2. The van der Waals surface area contributed by atoms with Crippen molar-refractivity contribution in [2.45, 2.75) is 32.4 Å². The molecule has 0 radical (unpaired) electrons. The average molecular weight is 276 g/mol. The molecule has 0 spiro atoms. The number of likely N-dealkylation sites (tertiary alicyclic amines) is 1. The molecule has 0 aromatic carbocycles. The van der Waals surface area contributed by atoms with E-state index in [0.29, 0.717) is 13.1 Å². The summed E-state index contributed by atoms with van der Waals surface area (Å²) < 4.78 is 0. The first-order chi connectivity index (χ1) is 8.00. The number of amides is 3. The number of imide groups is 1. The Morgan fingerprint density at radius 3 is 2.39 bits per heavy atom. The van der Waals surface area contributed by atoms with Gasteiger partial charge in [0.25, 0.3) is 5.91 Å². The number of hydrogen-bond acceptors (Lipinski definition) is 4. The minimum atomic E-state index is -0.669. The first kappa shape index (κ1) is 14.9. The zero-order chi connectivity index (χ0) is 12.6. The molecule has 2 aliphatic heterocycles. The molecule has 1 unspecified atom stereocenters. The number of rotatable bonds is 3. The topological polar surface area (TPSA) is 78.5 Å². The van der Waals surface area contributed by atoms with E-state index in [1.54, 1.807) is 13.8 Å². The van der Waals surface area contributed by atoms with Gasteiger partial charge >= 0.3 is 0 Å². The van der Waals surface area contributed by atoms with Crippen molar-refractivity contribution in [2.75, 3.05) is 13.1 Å². The number of halogens is 1. The van der Waals surface area contributed by atoms with Crippen molar-refractivity contribution < 1.29 is 14.4 Å². The molecule has 3 amide bonds.